The number of hydrogen-bond donors (Lipinski definition) is 1. The van der Waals surface area contributed by atoms with Gasteiger partial charge in [-0.15, -0.1) is 0 Å². The third-order valence-electron chi connectivity index (χ3n) is 4.24. The molecule has 1 heterocycles. The molecule has 1 aromatic heterocycles. The normalized spacial score (nSPS) is 17.6. The van der Waals surface area contributed by atoms with E-state index in [0.717, 1.165) is 55.2 Å². The van der Waals surface area contributed by atoms with E-state index >= 15 is 0 Å². The Kier molecular flexibility index (Phi) is 4.13. The van der Waals surface area contributed by atoms with E-state index in [4.69, 9.17) is 0 Å². The molecule has 0 saturated heterocycles. The predicted octanol–water partition coefficient (Wildman–Crippen LogP) is 3.23. The molecule has 1 N–H and O–H groups in total. The maximum Gasteiger partial charge on any atom is 0.257 e. The summed E-state index contributed by atoms with van der Waals surface area (Å²) in [6.07, 6.45) is 7.68. The van der Waals surface area contributed by atoms with Gasteiger partial charge in [-0.05, 0) is 51.0 Å². The van der Waals surface area contributed by atoms with Gasteiger partial charge < -0.3 is 10.2 Å². The molecular weight excluding hydrogens is 262 g/mol. The second-order valence-electron chi connectivity index (χ2n) is 6.43. The van der Waals surface area contributed by atoms with E-state index in [1.807, 2.05) is 13.0 Å². The molecule has 1 aromatic rings. The van der Waals surface area contributed by atoms with E-state index in [1.54, 1.807) is 6.20 Å². The first-order chi connectivity index (χ1) is 10.2. The van der Waals surface area contributed by atoms with Gasteiger partial charge in [-0.25, -0.2) is 0 Å². The first-order valence-corrected chi connectivity index (χ1v) is 8.20. The first kappa shape index (κ1) is 14.4. The lowest BCUT2D eigenvalue weighted by Gasteiger charge is -2.24. The van der Waals surface area contributed by atoms with Crippen LogP contribution in [0.1, 0.15) is 55.1 Å². The van der Waals surface area contributed by atoms with Crippen LogP contribution in [0.5, 0.6) is 0 Å². The molecule has 1 amide bonds. The number of nitrogens with zero attached hydrogens (tertiary/aromatic N) is 2. The quantitative estimate of drug-likeness (QED) is 0.837. The lowest BCUT2D eigenvalue weighted by Crippen LogP contribution is -2.35. The highest BCUT2D eigenvalue weighted by molar-refractivity contribution is 5.99. The van der Waals surface area contributed by atoms with E-state index in [1.165, 1.54) is 12.8 Å². The molecule has 0 atom stereocenters. The van der Waals surface area contributed by atoms with Crippen molar-refractivity contribution in [3.63, 3.8) is 0 Å². The van der Waals surface area contributed by atoms with Gasteiger partial charge in [0.1, 0.15) is 0 Å². The van der Waals surface area contributed by atoms with Crippen LogP contribution in [0, 0.1) is 12.8 Å². The molecule has 0 radical (unpaired) electrons. The second-order valence-corrected chi connectivity index (χ2v) is 6.43. The zero-order chi connectivity index (χ0) is 14.8. The molecule has 0 aromatic carbocycles. The van der Waals surface area contributed by atoms with Crippen LogP contribution in [0.2, 0.25) is 0 Å². The van der Waals surface area contributed by atoms with Crippen molar-refractivity contribution < 1.29 is 4.79 Å². The molecule has 2 aliphatic rings. The Morgan fingerprint density at radius 3 is 2.76 bits per heavy atom. The van der Waals surface area contributed by atoms with Crippen molar-refractivity contribution in [2.45, 2.75) is 52.0 Å². The van der Waals surface area contributed by atoms with Crippen LogP contribution >= 0.6 is 0 Å². The summed E-state index contributed by atoms with van der Waals surface area (Å²) in [6, 6.07) is 2.46. The summed E-state index contributed by atoms with van der Waals surface area (Å²) in [5, 5.41) is 3.38. The Balaban J connectivity index is 1.80. The number of aryl methyl sites for hydroxylation is 1. The van der Waals surface area contributed by atoms with Crippen LogP contribution in [0.3, 0.4) is 0 Å². The minimum Gasteiger partial charge on any atom is -0.384 e. The lowest BCUT2D eigenvalue weighted by molar-refractivity contribution is 0.0735. The third-order valence-corrected chi connectivity index (χ3v) is 4.24. The summed E-state index contributed by atoms with van der Waals surface area (Å²) in [6.45, 7) is 5.92. The van der Waals surface area contributed by atoms with Crippen molar-refractivity contribution in [3.8, 4) is 0 Å². The van der Waals surface area contributed by atoms with Gasteiger partial charge in [0.15, 0.2) is 0 Å². The van der Waals surface area contributed by atoms with Gasteiger partial charge >= 0.3 is 0 Å². The molecule has 0 bridgehead atoms. The van der Waals surface area contributed by atoms with Crippen molar-refractivity contribution in [2.75, 3.05) is 18.4 Å². The fourth-order valence-electron chi connectivity index (χ4n) is 2.65. The van der Waals surface area contributed by atoms with Crippen LogP contribution in [-0.2, 0) is 0 Å². The molecule has 0 unspecified atom stereocenters. The number of nitrogens with one attached hydrogen (secondary N) is 1. The number of carbonyl (C=O) groups excluding carboxylic acids is 1. The van der Waals surface area contributed by atoms with Gasteiger partial charge in [-0.3, -0.25) is 9.78 Å². The molecule has 3 rings (SSSR count). The van der Waals surface area contributed by atoms with Crippen LogP contribution in [-0.4, -0.2) is 34.9 Å². The summed E-state index contributed by atoms with van der Waals surface area (Å²) in [4.78, 5) is 19.4. The van der Waals surface area contributed by atoms with E-state index in [9.17, 15) is 4.79 Å². The molecule has 2 saturated carbocycles. The van der Waals surface area contributed by atoms with Gasteiger partial charge in [0, 0.05) is 31.0 Å². The molecule has 21 heavy (non-hydrogen) atoms. The Bertz CT molecular complexity index is 521. The standard InChI is InChI=1S/C17H25N3O/c1-3-8-18-16-9-12(2)19-10-15(16)17(21)20(14-6-7-14)11-13-4-5-13/h9-10,13-14H,3-8,11H2,1-2H3,(H,18,19). The molecule has 0 spiro atoms. The van der Waals surface area contributed by atoms with E-state index in [0.29, 0.717) is 6.04 Å². The van der Waals surface area contributed by atoms with Gasteiger partial charge in [0.05, 0.1) is 11.3 Å². The van der Waals surface area contributed by atoms with Crippen molar-refractivity contribution in [3.05, 3.63) is 23.5 Å². The highest BCUT2D eigenvalue weighted by Gasteiger charge is 2.37. The summed E-state index contributed by atoms with van der Waals surface area (Å²) >= 11 is 0. The van der Waals surface area contributed by atoms with E-state index < -0.39 is 0 Å². The van der Waals surface area contributed by atoms with Gasteiger partial charge in [-0.1, -0.05) is 6.92 Å². The summed E-state index contributed by atoms with van der Waals surface area (Å²) in [5.41, 5.74) is 2.63. The zero-order valence-electron chi connectivity index (χ0n) is 13.1. The van der Waals surface area contributed by atoms with Gasteiger partial charge in [0.25, 0.3) is 5.91 Å². The Labute approximate surface area is 126 Å². The summed E-state index contributed by atoms with van der Waals surface area (Å²) in [5.74, 6) is 0.899. The van der Waals surface area contributed by atoms with Crippen molar-refractivity contribution >= 4 is 11.6 Å². The summed E-state index contributed by atoms with van der Waals surface area (Å²) < 4.78 is 0. The highest BCUT2D eigenvalue weighted by Crippen LogP contribution is 2.36. The van der Waals surface area contributed by atoms with Crippen LogP contribution < -0.4 is 5.32 Å². The number of hydrogen-bond acceptors (Lipinski definition) is 3. The highest BCUT2D eigenvalue weighted by atomic mass is 16.2. The second kappa shape index (κ2) is 6.04. The van der Waals surface area contributed by atoms with Crippen LogP contribution in [0.25, 0.3) is 0 Å². The molecule has 114 valence electrons. The van der Waals surface area contributed by atoms with Crippen molar-refractivity contribution in [2.24, 2.45) is 5.92 Å². The Morgan fingerprint density at radius 1 is 1.38 bits per heavy atom. The Hall–Kier alpha value is -1.58. The molecule has 2 fully saturated rings. The Morgan fingerprint density at radius 2 is 2.14 bits per heavy atom. The molecule has 4 heteroatoms. The third kappa shape index (κ3) is 3.55. The molecule has 2 aliphatic carbocycles. The number of rotatable bonds is 7. The van der Waals surface area contributed by atoms with E-state index in [-0.39, 0.29) is 5.91 Å². The lowest BCUT2D eigenvalue weighted by atomic mass is 10.1. The van der Waals surface area contributed by atoms with Crippen molar-refractivity contribution in [1.82, 2.24) is 9.88 Å². The maximum absolute atomic E-state index is 12.9. The zero-order valence-corrected chi connectivity index (χ0v) is 13.1. The van der Waals surface area contributed by atoms with Gasteiger partial charge in [0.2, 0.25) is 0 Å². The van der Waals surface area contributed by atoms with E-state index in [2.05, 4.69) is 22.1 Å². The topological polar surface area (TPSA) is 45.2 Å². The molecule has 0 aliphatic heterocycles. The smallest absolute Gasteiger partial charge is 0.257 e. The SMILES string of the molecule is CCCNc1cc(C)ncc1C(=O)N(CC1CC1)C1CC1. The fourth-order valence-corrected chi connectivity index (χ4v) is 2.65. The average Bonchev–Trinajstić information content (AvgIpc) is 3.35. The largest absolute Gasteiger partial charge is 0.384 e. The minimum atomic E-state index is 0.163. The fraction of sp³-hybridized carbons (Fsp3) is 0.647. The summed E-state index contributed by atoms with van der Waals surface area (Å²) in [7, 11) is 0. The van der Waals surface area contributed by atoms with Crippen LogP contribution in [0.15, 0.2) is 12.3 Å². The number of amides is 1. The first-order valence-electron chi connectivity index (χ1n) is 8.20. The number of pyridine rings is 1. The number of aromatic nitrogens is 1. The van der Waals surface area contributed by atoms with Gasteiger partial charge in [-0.2, -0.15) is 0 Å². The number of carbonyl (C=O) groups is 1. The van der Waals surface area contributed by atoms with Crippen molar-refractivity contribution in [1.29, 1.82) is 0 Å². The number of anilines is 1. The predicted molar refractivity (Wildman–Crippen MR) is 84.5 cm³/mol. The molecule has 4 nitrogen and oxygen atoms in total. The average molecular weight is 287 g/mol. The monoisotopic (exact) mass is 287 g/mol. The minimum absolute atomic E-state index is 0.163. The molecular formula is C17H25N3O. The maximum atomic E-state index is 12.9. The van der Waals surface area contributed by atoms with Crippen LogP contribution in [0.4, 0.5) is 5.69 Å².